The monoisotopic (exact) mass is 255 g/mol. The number of hydrogen-bond donors (Lipinski definition) is 0. The molecule has 0 amide bonds. The molecule has 0 aromatic rings. The zero-order valence-corrected chi connectivity index (χ0v) is 12.7. The molecule has 2 aliphatic rings. The van der Waals surface area contributed by atoms with Crippen molar-refractivity contribution in [2.45, 2.75) is 53.4 Å². The van der Waals surface area contributed by atoms with E-state index in [9.17, 15) is 0 Å². The maximum absolute atomic E-state index is 4.79. The Bertz CT molecular complexity index is 494. The molecule has 0 saturated heterocycles. The van der Waals surface area contributed by atoms with Crippen LogP contribution in [-0.4, -0.2) is 5.71 Å². The molecule has 0 radical (unpaired) electrons. The highest BCUT2D eigenvalue weighted by atomic mass is 14.7. The van der Waals surface area contributed by atoms with Gasteiger partial charge in [-0.15, -0.1) is 0 Å². The summed E-state index contributed by atoms with van der Waals surface area (Å²) in [6, 6.07) is 0. The van der Waals surface area contributed by atoms with Crippen LogP contribution in [0.2, 0.25) is 0 Å². The first-order chi connectivity index (χ1) is 9.13. The van der Waals surface area contributed by atoms with Gasteiger partial charge in [-0.25, -0.2) is 0 Å². The SMILES string of the molecule is CC/C=C(C)/N=C1/C=CC=C/C1=C(/C)C1(CC)CC1. The van der Waals surface area contributed by atoms with Crippen LogP contribution in [0.15, 0.2) is 52.2 Å². The summed E-state index contributed by atoms with van der Waals surface area (Å²) >= 11 is 0. The summed E-state index contributed by atoms with van der Waals surface area (Å²) in [5, 5.41) is 0. The Hall–Kier alpha value is -1.37. The van der Waals surface area contributed by atoms with Gasteiger partial charge in [-0.3, -0.25) is 4.99 Å². The molecule has 2 aliphatic carbocycles. The van der Waals surface area contributed by atoms with Crippen molar-refractivity contribution >= 4 is 5.71 Å². The number of nitrogens with zero attached hydrogens (tertiary/aromatic N) is 1. The fourth-order valence-corrected chi connectivity index (χ4v) is 2.85. The maximum atomic E-state index is 4.79. The molecule has 0 aromatic heterocycles. The molecule has 1 saturated carbocycles. The van der Waals surface area contributed by atoms with Crippen LogP contribution in [0.25, 0.3) is 0 Å². The second-order valence-corrected chi connectivity index (χ2v) is 5.64. The summed E-state index contributed by atoms with van der Waals surface area (Å²) in [5.41, 5.74) is 5.57. The molecular weight excluding hydrogens is 230 g/mol. The maximum Gasteiger partial charge on any atom is 0.0704 e. The van der Waals surface area contributed by atoms with Gasteiger partial charge in [0.1, 0.15) is 0 Å². The molecule has 0 unspecified atom stereocenters. The Morgan fingerprint density at radius 2 is 1.89 bits per heavy atom. The van der Waals surface area contributed by atoms with Crippen molar-refractivity contribution in [3.63, 3.8) is 0 Å². The van der Waals surface area contributed by atoms with Gasteiger partial charge < -0.3 is 0 Å². The molecule has 1 fully saturated rings. The minimum absolute atomic E-state index is 0.466. The van der Waals surface area contributed by atoms with Crippen molar-refractivity contribution in [2.75, 3.05) is 0 Å². The van der Waals surface area contributed by atoms with E-state index < -0.39 is 0 Å². The molecule has 0 N–H and O–H groups in total. The minimum atomic E-state index is 0.466. The summed E-state index contributed by atoms with van der Waals surface area (Å²) in [7, 11) is 0. The molecule has 2 rings (SSSR count). The minimum Gasteiger partial charge on any atom is -0.253 e. The number of aliphatic imine (C=N–C) groups is 1. The zero-order chi connectivity index (χ0) is 13.9. The van der Waals surface area contributed by atoms with E-state index in [-0.39, 0.29) is 0 Å². The van der Waals surface area contributed by atoms with Crippen LogP contribution in [0.5, 0.6) is 0 Å². The van der Waals surface area contributed by atoms with E-state index in [1.807, 2.05) is 0 Å². The van der Waals surface area contributed by atoms with Crippen molar-refractivity contribution in [2.24, 2.45) is 10.4 Å². The lowest BCUT2D eigenvalue weighted by atomic mass is 9.87. The third kappa shape index (κ3) is 2.97. The molecule has 102 valence electrons. The van der Waals surface area contributed by atoms with Crippen molar-refractivity contribution in [1.82, 2.24) is 0 Å². The highest BCUT2D eigenvalue weighted by Gasteiger charge is 2.43. The van der Waals surface area contributed by atoms with E-state index in [0.717, 1.165) is 17.8 Å². The van der Waals surface area contributed by atoms with E-state index in [4.69, 9.17) is 4.99 Å². The van der Waals surface area contributed by atoms with Gasteiger partial charge in [0.05, 0.1) is 5.71 Å². The molecule has 19 heavy (non-hydrogen) atoms. The van der Waals surface area contributed by atoms with Crippen LogP contribution < -0.4 is 0 Å². The zero-order valence-electron chi connectivity index (χ0n) is 12.7. The van der Waals surface area contributed by atoms with Crippen LogP contribution in [0.4, 0.5) is 0 Å². The predicted octanol–water partition coefficient (Wildman–Crippen LogP) is 5.37. The van der Waals surface area contributed by atoms with Gasteiger partial charge in [-0.1, -0.05) is 43.7 Å². The summed E-state index contributed by atoms with van der Waals surface area (Å²) in [4.78, 5) is 4.79. The van der Waals surface area contributed by atoms with Crippen molar-refractivity contribution in [3.8, 4) is 0 Å². The lowest BCUT2D eigenvalue weighted by Crippen LogP contribution is -2.10. The molecule has 0 heterocycles. The summed E-state index contributed by atoms with van der Waals surface area (Å²) in [5.74, 6) is 0. The fourth-order valence-electron chi connectivity index (χ4n) is 2.85. The molecule has 1 heteroatoms. The lowest BCUT2D eigenvalue weighted by Gasteiger charge is -2.19. The van der Waals surface area contributed by atoms with Gasteiger partial charge in [-0.05, 0) is 56.6 Å². The Morgan fingerprint density at radius 1 is 1.21 bits per heavy atom. The van der Waals surface area contributed by atoms with E-state index in [1.54, 1.807) is 0 Å². The lowest BCUT2D eigenvalue weighted by molar-refractivity contribution is 0.581. The van der Waals surface area contributed by atoms with Gasteiger partial charge >= 0.3 is 0 Å². The number of rotatable bonds is 4. The van der Waals surface area contributed by atoms with Gasteiger partial charge in [-0.2, -0.15) is 0 Å². The average molecular weight is 255 g/mol. The molecule has 0 spiro atoms. The third-order valence-electron chi connectivity index (χ3n) is 4.43. The number of hydrogen-bond acceptors (Lipinski definition) is 1. The third-order valence-corrected chi connectivity index (χ3v) is 4.43. The standard InChI is InChI=1S/C18H25N/c1-5-9-14(3)19-17-11-8-7-10-16(17)15(4)18(6-2)12-13-18/h7-11H,5-6,12-13H2,1-4H3/b14-9+,16-15+,19-17-. The molecular formula is C18H25N. The first-order valence-corrected chi connectivity index (χ1v) is 7.45. The largest absolute Gasteiger partial charge is 0.253 e. The van der Waals surface area contributed by atoms with Crippen LogP contribution in [0.3, 0.4) is 0 Å². The highest BCUT2D eigenvalue weighted by molar-refractivity contribution is 6.12. The Labute approximate surface area is 117 Å². The predicted molar refractivity (Wildman–Crippen MR) is 84.4 cm³/mol. The second kappa shape index (κ2) is 5.73. The average Bonchev–Trinajstić information content (AvgIpc) is 3.20. The summed E-state index contributed by atoms with van der Waals surface area (Å²) in [6.07, 6.45) is 15.7. The second-order valence-electron chi connectivity index (χ2n) is 5.64. The van der Waals surface area contributed by atoms with E-state index in [2.05, 4.69) is 58.1 Å². The Balaban J connectivity index is 2.38. The smallest absolute Gasteiger partial charge is 0.0704 e. The van der Waals surface area contributed by atoms with Crippen LogP contribution in [-0.2, 0) is 0 Å². The Kier molecular flexibility index (Phi) is 4.24. The van der Waals surface area contributed by atoms with Gasteiger partial charge in [0, 0.05) is 5.70 Å². The molecule has 0 bridgehead atoms. The van der Waals surface area contributed by atoms with Crippen LogP contribution in [0, 0.1) is 5.41 Å². The van der Waals surface area contributed by atoms with Crippen molar-refractivity contribution < 1.29 is 0 Å². The molecule has 0 aliphatic heterocycles. The molecule has 0 atom stereocenters. The molecule has 0 aromatic carbocycles. The van der Waals surface area contributed by atoms with Gasteiger partial charge in [0.2, 0.25) is 0 Å². The first kappa shape index (κ1) is 14.0. The van der Waals surface area contributed by atoms with E-state index in [1.165, 1.54) is 30.4 Å². The van der Waals surface area contributed by atoms with Crippen molar-refractivity contribution in [1.29, 1.82) is 0 Å². The number of allylic oxidation sites excluding steroid dienone is 8. The normalized spacial score (nSPS) is 25.9. The quantitative estimate of drug-likeness (QED) is 0.640. The van der Waals surface area contributed by atoms with Crippen molar-refractivity contribution in [3.05, 3.63) is 47.2 Å². The van der Waals surface area contributed by atoms with E-state index >= 15 is 0 Å². The van der Waals surface area contributed by atoms with E-state index in [0.29, 0.717) is 5.41 Å². The topological polar surface area (TPSA) is 12.4 Å². The Morgan fingerprint density at radius 3 is 2.47 bits per heavy atom. The summed E-state index contributed by atoms with van der Waals surface area (Å²) in [6.45, 7) is 8.84. The summed E-state index contributed by atoms with van der Waals surface area (Å²) < 4.78 is 0. The fraction of sp³-hybridized carbons (Fsp3) is 0.500. The molecule has 1 nitrogen and oxygen atoms in total. The van der Waals surface area contributed by atoms with Crippen LogP contribution >= 0.6 is 0 Å². The van der Waals surface area contributed by atoms with Crippen LogP contribution in [0.1, 0.15) is 53.4 Å². The highest BCUT2D eigenvalue weighted by Crippen LogP contribution is 2.55. The van der Waals surface area contributed by atoms with Gasteiger partial charge in [0.15, 0.2) is 0 Å². The first-order valence-electron chi connectivity index (χ1n) is 7.45. The van der Waals surface area contributed by atoms with Gasteiger partial charge in [0.25, 0.3) is 0 Å².